The molecule has 1 aromatic heterocycles. The number of rotatable bonds is 4. The minimum Gasteiger partial charge on any atom is -0.306 e. The first-order chi connectivity index (χ1) is 9.11. The molecule has 100 valence electrons. The van der Waals surface area contributed by atoms with Crippen molar-refractivity contribution < 1.29 is 4.39 Å². The van der Waals surface area contributed by atoms with Crippen LogP contribution in [0.15, 0.2) is 41.1 Å². The van der Waals surface area contributed by atoms with Crippen LogP contribution in [0.5, 0.6) is 0 Å². The van der Waals surface area contributed by atoms with Crippen LogP contribution in [0.25, 0.3) is 0 Å². The standard InChI is InChI=1S/C15H16BrFN2/c1-3-19-15(12-6-10(2)8-18-9-12)11-4-5-13(16)14(17)7-11/h4-9,15,19H,3H2,1-2H3. The molecule has 19 heavy (non-hydrogen) atoms. The Kier molecular flexibility index (Phi) is 4.66. The predicted molar refractivity (Wildman–Crippen MR) is 78.6 cm³/mol. The fourth-order valence-corrected chi connectivity index (χ4v) is 2.31. The summed E-state index contributed by atoms with van der Waals surface area (Å²) in [5.41, 5.74) is 3.04. The van der Waals surface area contributed by atoms with Crippen LogP contribution in [0, 0.1) is 12.7 Å². The van der Waals surface area contributed by atoms with E-state index in [1.165, 1.54) is 0 Å². The number of pyridine rings is 1. The summed E-state index contributed by atoms with van der Waals surface area (Å²) in [6.45, 7) is 4.84. The first-order valence-electron chi connectivity index (χ1n) is 6.21. The highest BCUT2D eigenvalue weighted by Crippen LogP contribution is 2.25. The van der Waals surface area contributed by atoms with Gasteiger partial charge in [-0.25, -0.2) is 4.39 Å². The molecule has 0 aliphatic heterocycles. The SMILES string of the molecule is CCNC(c1cncc(C)c1)c1ccc(Br)c(F)c1. The first kappa shape index (κ1) is 14.2. The number of hydrogen-bond donors (Lipinski definition) is 1. The van der Waals surface area contributed by atoms with Crippen LogP contribution in [0.2, 0.25) is 0 Å². The molecule has 2 aromatic rings. The van der Waals surface area contributed by atoms with Gasteiger partial charge in [0.25, 0.3) is 0 Å². The summed E-state index contributed by atoms with van der Waals surface area (Å²) >= 11 is 3.18. The summed E-state index contributed by atoms with van der Waals surface area (Å²) in [6.07, 6.45) is 3.63. The zero-order valence-corrected chi connectivity index (χ0v) is 12.5. The molecule has 0 aliphatic rings. The Bertz CT molecular complexity index is 572. The van der Waals surface area contributed by atoms with Crippen LogP contribution in [-0.4, -0.2) is 11.5 Å². The molecular formula is C15H16BrFN2. The van der Waals surface area contributed by atoms with Crippen LogP contribution in [0.4, 0.5) is 4.39 Å². The number of nitrogens with zero attached hydrogens (tertiary/aromatic N) is 1. The van der Waals surface area contributed by atoms with E-state index in [0.717, 1.165) is 23.2 Å². The van der Waals surface area contributed by atoms with Crippen molar-refractivity contribution in [2.45, 2.75) is 19.9 Å². The molecule has 0 saturated heterocycles. The second kappa shape index (κ2) is 6.26. The first-order valence-corrected chi connectivity index (χ1v) is 7.01. The van der Waals surface area contributed by atoms with E-state index in [2.05, 4.69) is 32.3 Å². The van der Waals surface area contributed by atoms with Gasteiger partial charge in [0.05, 0.1) is 10.5 Å². The number of benzene rings is 1. The molecule has 0 aliphatic carbocycles. The van der Waals surface area contributed by atoms with Crippen molar-refractivity contribution in [3.05, 3.63) is 63.6 Å². The second-order valence-corrected chi connectivity index (χ2v) is 5.31. The van der Waals surface area contributed by atoms with Crippen LogP contribution < -0.4 is 5.32 Å². The Morgan fingerprint density at radius 3 is 2.68 bits per heavy atom. The van der Waals surface area contributed by atoms with Gasteiger partial charge in [0.15, 0.2) is 0 Å². The van der Waals surface area contributed by atoms with Gasteiger partial charge in [-0.2, -0.15) is 0 Å². The van der Waals surface area contributed by atoms with Crippen LogP contribution in [0.3, 0.4) is 0 Å². The van der Waals surface area contributed by atoms with E-state index in [-0.39, 0.29) is 11.9 Å². The molecule has 0 saturated carbocycles. The number of aryl methyl sites for hydroxylation is 1. The molecule has 1 N–H and O–H groups in total. The van der Waals surface area contributed by atoms with E-state index in [1.807, 2.05) is 32.3 Å². The van der Waals surface area contributed by atoms with Crippen molar-refractivity contribution >= 4 is 15.9 Å². The van der Waals surface area contributed by atoms with Gasteiger partial charge in [-0.1, -0.05) is 19.1 Å². The summed E-state index contributed by atoms with van der Waals surface area (Å²) in [4.78, 5) is 4.21. The van der Waals surface area contributed by atoms with E-state index < -0.39 is 0 Å². The second-order valence-electron chi connectivity index (χ2n) is 4.46. The third-order valence-electron chi connectivity index (χ3n) is 2.91. The zero-order valence-electron chi connectivity index (χ0n) is 11.0. The monoisotopic (exact) mass is 322 g/mol. The van der Waals surface area contributed by atoms with Crippen LogP contribution >= 0.6 is 15.9 Å². The number of nitrogens with one attached hydrogen (secondary N) is 1. The maximum Gasteiger partial charge on any atom is 0.137 e. The molecule has 1 heterocycles. The molecule has 4 heteroatoms. The van der Waals surface area contributed by atoms with E-state index >= 15 is 0 Å². The lowest BCUT2D eigenvalue weighted by molar-refractivity contribution is 0.598. The third-order valence-corrected chi connectivity index (χ3v) is 3.56. The molecule has 2 nitrogen and oxygen atoms in total. The molecule has 0 spiro atoms. The molecule has 0 radical (unpaired) electrons. The Hall–Kier alpha value is -1.26. The van der Waals surface area contributed by atoms with Crippen molar-refractivity contribution in [3.63, 3.8) is 0 Å². The highest BCUT2D eigenvalue weighted by Gasteiger charge is 2.15. The summed E-state index contributed by atoms with van der Waals surface area (Å²) in [7, 11) is 0. The van der Waals surface area contributed by atoms with E-state index in [1.54, 1.807) is 12.1 Å². The molecule has 1 aromatic carbocycles. The molecule has 1 unspecified atom stereocenters. The molecule has 0 amide bonds. The van der Waals surface area contributed by atoms with E-state index in [9.17, 15) is 4.39 Å². The van der Waals surface area contributed by atoms with E-state index in [0.29, 0.717) is 4.47 Å². The highest BCUT2D eigenvalue weighted by atomic mass is 79.9. The third kappa shape index (κ3) is 3.39. The van der Waals surface area contributed by atoms with E-state index in [4.69, 9.17) is 0 Å². The Balaban J connectivity index is 2.42. The Labute approximate surface area is 121 Å². The zero-order chi connectivity index (χ0) is 13.8. The molecule has 0 bridgehead atoms. The topological polar surface area (TPSA) is 24.9 Å². The normalized spacial score (nSPS) is 12.4. The van der Waals surface area contributed by atoms with Crippen molar-refractivity contribution in [3.8, 4) is 0 Å². The maximum absolute atomic E-state index is 13.7. The van der Waals surface area contributed by atoms with Gasteiger partial charge >= 0.3 is 0 Å². The lowest BCUT2D eigenvalue weighted by Gasteiger charge is -2.19. The fourth-order valence-electron chi connectivity index (χ4n) is 2.06. The molecular weight excluding hydrogens is 307 g/mol. The lowest BCUT2D eigenvalue weighted by atomic mass is 9.99. The smallest absolute Gasteiger partial charge is 0.137 e. The van der Waals surface area contributed by atoms with Gasteiger partial charge in [0, 0.05) is 12.4 Å². The van der Waals surface area contributed by atoms with Crippen LogP contribution in [0.1, 0.15) is 29.7 Å². The number of halogens is 2. The minimum absolute atomic E-state index is 0.0417. The number of hydrogen-bond acceptors (Lipinski definition) is 2. The van der Waals surface area contributed by atoms with Crippen molar-refractivity contribution in [2.24, 2.45) is 0 Å². The number of aromatic nitrogens is 1. The molecule has 0 fully saturated rings. The summed E-state index contributed by atoms with van der Waals surface area (Å²) in [5.74, 6) is -0.249. The summed E-state index contributed by atoms with van der Waals surface area (Å²) < 4.78 is 14.2. The van der Waals surface area contributed by atoms with Gasteiger partial charge in [0.1, 0.15) is 5.82 Å². The average molecular weight is 323 g/mol. The van der Waals surface area contributed by atoms with Crippen molar-refractivity contribution in [1.82, 2.24) is 10.3 Å². The fraction of sp³-hybridized carbons (Fsp3) is 0.267. The molecule has 2 rings (SSSR count). The lowest BCUT2D eigenvalue weighted by Crippen LogP contribution is -2.22. The van der Waals surface area contributed by atoms with Gasteiger partial charge in [-0.15, -0.1) is 0 Å². The van der Waals surface area contributed by atoms with Crippen LogP contribution in [-0.2, 0) is 0 Å². The maximum atomic E-state index is 13.7. The van der Waals surface area contributed by atoms with Gasteiger partial charge in [-0.05, 0) is 58.2 Å². The quantitative estimate of drug-likeness (QED) is 0.920. The summed E-state index contributed by atoms with van der Waals surface area (Å²) in [5, 5.41) is 3.37. The minimum atomic E-state index is -0.249. The average Bonchev–Trinajstić information content (AvgIpc) is 2.39. The Morgan fingerprint density at radius 2 is 2.05 bits per heavy atom. The largest absolute Gasteiger partial charge is 0.306 e. The highest BCUT2D eigenvalue weighted by molar-refractivity contribution is 9.10. The predicted octanol–water partition coefficient (Wildman–Crippen LogP) is 3.99. The van der Waals surface area contributed by atoms with Crippen molar-refractivity contribution in [2.75, 3.05) is 6.54 Å². The van der Waals surface area contributed by atoms with Gasteiger partial charge < -0.3 is 5.32 Å². The molecule has 1 atom stereocenters. The summed E-state index contributed by atoms with van der Waals surface area (Å²) in [6, 6.07) is 7.24. The van der Waals surface area contributed by atoms with Gasteiger partial charge in [-0.3, -0.25) is 4.98 Å². The van der Waals surface area contributed by atoms with Gasteiger partial charge in [0.2, 0.25) is 0 Å². The van der Waals surface area contributed by atoms with Crippen molar-refractivity contribution in [1.29, 1.82) is 0 Å². The Morgan fingerprint density at radius 1 is 1.26 bits per heavy atom.